The zero-order valence-electron chi connectivity index (χ0n) is 20.1. The van der Waals surface area contributed by atoms with Crippen LogP contribution in [-0.2, 0) is 4.74 Å². The molecule has 3 heterocycles. The number of urea groups is 1. The smallest absolute Gasteiger partial charge is 0.323 e. The Bertz CT molecular complexity index is 1460. The number of aryl methyl sites for hydroxylation is 1. The van der Waals surface area contributed by atoms with Crippen LogP contribution < -0.4 is 21.7 Å². The average molecular weight is 504 g/mol. The Morgan fingerprint density at radius 2 is 2.00 bits per heavy atom. The van der Waals surface area contributed by atoms with Gasteiger partial charge in [0.1, 0.15) is 17.7 Å². The van der Waals surface area contributed by atoms with Crippen molar-refractivity contribution in [3.05, 3.63) is 71.9 Å². The van der Waals surface area contributed by atoms with Crippen LogP contribution in [0.4, 0.5) is 26.4 Å². The first-order valence-electron chi connectivity index (χ1n) is 11.9. The number of nitrogens with one attached hydrogen (secondary N) is 3. The normalized spacial score (nSPS) is 15.0. The molecule has 5 N–H and O–H groups in total. The van der Waals surface area contributed by atoms with E-state index in [1.54, 1.807) is 42.6 Å². The van der Waals surface area contributed by atoms with Crippen LogP contribution in [0.2, 0.25) is 0 Å². The van der Waals surface area contributed by atoms with Crippen LogP contribution >= 0.6 is 0 Å². The predicted octanol–water partition coefficient (Wildman–Crippen LogP) is 3.98. The van der Waals surface area contributed by atoms with Crippen LogP contribution in [0.3, 0.4) is 0 Å². The summed E-state index contributed by atoms with van der Waals surface area (Å²) < 4.78 is 21.1. The Morgan fingerprint density at radius 1 is 1.19 bits per heavy atom. The zero-order valence-corrected chi connectivity index (χ0v) is 20.1. The maximum atomic E-state index is 14.0. The quantitative estimate of drug-likeness (QED) is 0.314. The van der Waals surface area contributed by atoms with E-state index in [4.69, 9.17) is 10.5 Å². The highest BCUT2D eigenvalue weighted by Gasteiger charge is 2.23. The third-order valence-corrected chi connectivity index (χ3v) is 6.16. The fourth-order valence-electron chi connectivity index (χ4n) is 4.35. The van der Waals surface area contributed by atoms with Crippen molar-refractivity contribution in [3.63, 3.8) is 0 Å². The van der Waals surface area contributed by atoms with Gasteiger partial charge in [0.25, 0.3) is 5.91 Å². The minimum absolute atomic E-state index is 0.000859. The molecule has 0 radical (unpaired) electrons. The van der Waals surface area contributed by atoms with Crippen molar-refractivity contribution in [2.45, 2.75) is 25.9 Å². The molecule has 5 rings (SSSR count). The summed E-state index contributed by atoms with van der Waals surface area (Å²) in [5, 5.41) is 12.3. The lowest BCUT2D eigenvalue weighted by Gasteiger charge is -2.12. The Labute approximate surface area is 212 Å². The van der Waals surface area contributed by atoms with E-state index in [-0.39, 0.29) is 23.5 Å². The highest BCUT2D eigenvalue weighted by Crippen LogP contribution is 2.33. The lowest BCUT2D eigenvalue weighted by molar-refractivity contribution is 0.0858. The van der Waals surface area contributed by atoms with Crippen molar-refractivity contribution in [2.24, 2.45) is 0 Å². The second-order valence-corrected chi connectivity index (χ2v) is 8.84. The standard InChI is InChI=1S/C26H26FN7O3/c1-15-4-9-20(27)21(11-15)33-26(36)32-17-7-5-16(6-8-17)22-19(13-34-23(22)24(28)30-14-31-34)25(35)29-12-18-3-2-10-37-18/h4-9,11,13-14,18H,2-3,10,12H2,1H3,(H,29,35)(H2,28,30,31)(H2,32,33,36). The van der Waals surface area contributed by atoms with Gasteiger partial charge in [-0.25, -0.2) is 18.7 Å². The van der Waals surface area contributed by atoms with Gasteiger partial charge < -0.3 is 26.4 Å². The monoisotopic (exact) mass is 503 g/mol. The van der Waals surface area contributed by atoms with E-state index in [0.717, 1.165) is 18.4 Å². The van der Waals surface area contributed by atoms with Crippen LogP contribution in [-0.4, -0.2) is 45.8 Å². The number of nitrogens with zero attached hydrogens (tertiary/aromatic N) is 3. The van der Waals surface area contributed by atoms with Gasteiger partial charge in [-0.3, -0.25) is 4.79 Å². The molecule has 1 unspecified atom stereocenters. The maximum Gasteiger partial charge on any atom is 0.323 e. The van der Waals surface area contributed by atoms with E-state index < -0.39 is 11.8 Å². The van der Waals surface area contributed by atoms with Crippen LogP contribution in [0.25, 0.3) is 16.6 Å². The molecule has 0 bridgehead atoms. The van der Waals surface area contributed by atoms with Crippen molar-refractivity contribution in [1.82, 2.24) is 19.9 Å². The van der Waals surface area contributed by atoms with Gasteiger partial charge in [0.05, 0.1) is 17.4 Å². The number of aromatic nitrogens is 3. The Hall–Kier alpha value is -4.51. The van der Waals surface area contributed by atoms with E-state index >= 15 is 0 Å². The van der Waals surface area contributed by atoms with E-state index in [1.165, 1.54) is 16.9 Å². The average Bonchev–Trinajstić information content (AvgIpc) is 3.54. The highest BCUT2D eigenvalue weighted by molar-refractivity contribution is 6.07. The summed E-state index contributed by atoms with van der Waals surface area (Å²) >= 11 is 0. The van der Waals surface area contributed by atoms with Crippen LogP contribution in [0.1, 0.15) is 28.8 Å². The molecule has 0 saturated carbocycles. The third-order valence-electron chi connectivity index (χ3n) is 6.16. The number of anilines is 3. The largest absolute Gasteiger partial charge is 0.382 e. The molecule has 11 heteroatoms. The van der Waals surface area contributed by atoms with Gasteiger partial charge >= 0.3 is 6.03 Å². The molecule has 1 aliphatic heterocycles. The highest BCUT2D eigenvalue weighted by atomic mass is 19.1. The number of benzene rings is 2. The van der Waals surface area contributed by atoms with Crippen LogP contribution in [0.15, 0.2) is 55.0 Å². The molecule has 2 aromatic heterocycles. The molecule has 3 amide bonds. The number of carbonyl (C=O) groups excluding carboxylic acids is 2. The fourth-order valence-corrected chi connectivity index (χ4v) is 4.35. The summed E-state index contributed by atoms with van der Waals surface area (Å²) in [5.74, 6) is -0.580. The van der Waals surface area contributed by atoms with Gasteiger partial charge in [0.15, 0.2) is 5.82 Å². The second-order valence-electron chi connectivity index (χ2n) is 8.84. The first-order valence-corrected chi connectivity index (χ1v) is 11.9. The number of fused-ring (bicyclic) bond motifs is 1. The van der Waals surface area contributed by atoms with Crippen molar-refractivity contribution >= 4 is 34.6 Å². The molecule has 1 fully saturated rings. The van der Waals surface area contributed by atoms with Crippen LogP contribution in [0, 0.1) is 12.7 Å². The molecule has 0 aliphatic carbocycles. The minimum Gasteiger partial charge on any atom is -0.382 e. The van der Waals surface area contributed by atoms with E-state index in [9.17, 15) is 14.0 Å². The lowest BCUT2D eigenvalue weighted by atomic mass is 10.0. The molecule has 1 atom stereocenters. The van der Waals surface area contributed by atoms with Gasteiger partial charge in [0, 0.05) is 30.6 Å². The third kappa shape index (κ3) is 5.21. The lowest BCUT2D eigenvalue weighted by Crippen LogP contribution is -2.31. The molecular weight excluding hydrogens is 477 g/mol. The summed E-state index contributed by atoms with van der Waals surface area (Å²) in [7, 11) is 0. The molecule has 1 aliphatic rings. The Kier molecular flexibility index (Phi) is 6.69. The number of ether oxygens (including phenoxy) is 1. The Morgan fingerprint density at radius 3 is 2.76 bits per heavy atom. The van der Waals surface area contributed by atoms with E-state index in [0.29, 0.717) is 41.0 Å². The molecule has 37 heavy (non-hydrogen) atoms. The molecule has 190 valence electrons. The SMILES string of the molecule is Cc1ccc(F)c(NC(=O)Nc2ccc(-c3c(C(=O)NCC4CCCO4)cn4ncnc(N)c34)cc2)c1. The number of halogens is 1. The summed E-state index contributed by atoms with van der Waals surface area (Å²) in [6, 6.07) is 10.7. The fraction of sp³-hybridized carbons (Fsp3) is 0.231. The molecule has 2 aromatic carbocycles. The number of nitrogens with two attached hydrogens (primary N) is 1. The summed E-state index contributed by atoms with van der Waals surface area (Å²) in [6.45, 7) is 2.92. The summed E-state index contributed by atoms with van der Waals surface area (Å²) in [5.41, 5.74) is 9.68. The number of hydrogen-bond donors (Lipinski definition) is 4. The van der Waals surface area contributed by atoms with E-state index in [1.807, 2.05) is 6.92 Å². The number of hydrogen-bond acceptors (Lipinski definition) is 6. The van der Waals surface area contributed by atoms with Crippen molar-refractivity contribution in [1.29, 1.82) is 0 Å². The number of rotatable bonds is 6. The number of carbonyl (C=O) groups is 2. The maximum absolute atomic E-state index is 14.0. The van der Waals surface area contributed by atoms with Gasteiger partial charge in [-0.1, -0.05) is 18.2 Å². The number of amides is 3. The van der Waals surface area contributed by atoms with Gasteiger partial charge in [0.2, 0.25) is 0 Å². The van der Waals surface area contributed by atoms with E-state index in [2.05, 4.69) is 26.0 Å². The first-order chi connectivity index (χ1) is 17.9. The topological polar surface area (TPSA) is 136 Å². The van der Waals surface area contributed by atoms with Crippen molar-refractivity contribution in [2.75, 3.05) is 29.5 Å². The molecule has 1 saturated heterocycles. The summed E-state index contributed by atoms with van der Waals surface area (Å²) in [6.07, 6.45) is 4.82. The van der Waals surface area contributed by atoms with Crippen molar-refractivity contribution < 1.29 is 18.7 Å². The minimum atomic E-state index is -0.585. The number of nitrogen functional groups attached to an aromatic ring is 1. The van der Waals surface area contributed by atoms with Gasteiger partial charge in [-0.15, -0.1) is 0 Å². The molecular formula is C26H26FN7O3. The molecule has 4 aromatic rings. The predicted molar refractivity (Wildman–Crippen MR) is 138 cm³/mol. The Balaban J connectivity index is 1.38. The van der Waals surface area contributed by atoms with Gasteiger partial charge in [-0.2, -0.15) is 5.10 Å². The molecule has 0 spiro atoms. The zero-order chi connectivity index (χ0) is 25.9. The first kappa shape index (κ1) is 24.2. The van der Waals surface area contributed by atoms with Crippen LogP contribution in [0.5, 0.6) is 0 Å². The summed E-state index contributed by atoms with van der Waals surface area (Å²) in [4.78, 5) is 29.6. The second kappa shape index (κ2) is 10.2. The van der Waals surface area contributed by atoms with Crippen molar-refractivity contribution in [3.8, 4) is 11.1 Å². The van der Waals surface area contributed by atoms with Gasteiger partial charge in [-0.05, 0) is 55.2 Å². The molecule has 10 nitrogen and oxygen atoms in total.